The zero-order chi connectivity index (χ0) is 11.5. The van der Waals surface area contributed by atoms with Crippen LogP contribution in [0, 0.1) is 0 Å². The highest BCUT2D eigenvalue weighted by Gasteiger charge is 2.14. The Balaban J connectivity index is 3.30. The van der Waals surface area contributed by atoms with Gasteiger partial charge in [0, 0.05) is 0 Å². The van der Waals surface area contributed by atoms with Crippen LogP contribution >= 0.6 is 11.6 Å². The summed E-state index contributed by atoms with van der Waals surface area (Å²) >= 11 is 5.71. The predicted molar refractivity (Wildman–Crippen MR) is 53.3 cm³/mol. The number of isocyanates is 1. The highest BCUT2D eigenvalue weighted by molar-refractivity contribution is 7.90. The average molecular weight is 248 g/mol. The Morgan fingerprint density at radius 2 is 2.13 bits per heavy atom. The molecule has 0 aromatic heterocycles. The molecule has 0 unspecified atom stereocenters. The lowest BCUT2D eigenvalue weighted by Crippen LogP contribution is -1.96. The molecule has 0 radical (unpaired) electrons. The fourth-order valence-corrected chi connectivity index (χ4v) is 1.94. The Morgan fingerprint density at radius 3 is 2.60 bits per heavy atom. The van der Waals surface area contributed by atoms with Gasteiger partial charge in [0.2, 0.25) is 0 Å². The van der Waals surface area contributed by atoms with E-state index >= 15 is 0 Å². The molecule has 7 heteroatoms. The van der Waals surface area contributed by atoms with Crippen LogP contribution in [-0.4, -0.2) is 21.6 Å². The molecule has 0 spiro atoms. The molecule has 0 saturated heterocycles. The Kier molecular flexibility index (Phi) is 3.47. The summed E-state index contributed by atoms with van der Waals surface area (Å²) in [7, 11) is -2.59. The Bertz CT molecular complexity index is 519. The van der Waals surface area contributed by atoms with E-state index in [1.165, 1.54) is 19.2 Å². The zero-order valence-corrected chi connectivity index (χ0v) is 9.17. The van der Waals surface area contributed by atoms with Gasteiger partial charge in [0.05, 0.1) is 17.0 Å². The molecule has 0 atom stereocenters. The fraction of sp³-hybridized carbons (Fsp3) is 0.125. The number of methoxy groups -OCH3 is 1. The lowest BCUT2D eigenvalue weighted by atomic mass is 10.3. The first-order valence-electron chi connectivity index (χ1n) is 3.69. The molecule has 0 aliphatic carbocycles. The minimum absolute atomic E-state index is 0.125. The molecule has 1 aromatic carbocycles. The second-order valence-electron chi connectivity index (χ2n) is 2.45. The number of benzene rings is 1. The summed E-state index contributed by atoms with van der Waals surface area (Å²) in [6.45, 7) is 0. The van der Waals surface area contributed by atoms with E-state index in [0.29, 0.717) is 5.75 Å². The van der Waals surface area contributed by atoms with Crippen molar-refractivity contribution >= 4 is 27.7 Å². The van der Waals surface area contributed by atoms with Crippen molar-refractivity contribution in [2.24, 2.45) is 4.40 Å². The number of hydrogen-bond acceptors (Lipinski definition) is 4. The van der Waals surface area contributed by atoms with Crippen LogP contribution in [0.2, 0.25) is 5.02 Å². The second-order valence-corrected chi connectivity index (χ2v) is 4.47. The van der Waals surface area contributed by atoms with E-state index in [9.17, 15) is 13.2 Å². The molecule has 0 aliphatic heterocycles. The molecule has 80 valence electrons. The van der Waals surface area contributed by atoms with Gasteiger partial charge in [-0.2, -0.15) is 8.42 Å². The highest BCUT2D eigenvalue weighted by atomic mass is 35.5. The maximum absolute atomic E-state index is 11.3. The smallest absolute Gasteiger partial charge is 0.292 e. The Morgan fingerprint density at radius 1 is 1.47 bits per heavy atom. The topological polar surface area (TPSA) is 72.8 Å². The van der Waals surface area contributed by atoms with E-state index in [1.807, 2.05) is 0 Å². The first kappa shape index (κ1) is 11.7. The van der Waals surface area contributed by atoms with E-state index in [2.05, 4.69) is 4.40 Å². The maximum Gasteiger partial charge on any atom is 0.292 e. The van der Waals surface area contributed by atoms with E-state index in [4.69, 9.17) is 16.3 Å². The van der Waals surface area contributed by atoms with Gasteiger partial charge in [-0.3, -0.25) is 0 Å². The van der Waals surface area contributed by atoms with Crippen LogP contribution < -0.4 is 4.74 Å². The second kappa shape index (κ2) is 4.44. The van der Waals surface area contributed by atoms with Crippen LogP contribution in [0.25, 0.3) is 0 Å². The first-order chi connectivity index (χ1) is 7.01. The van der Waals surface area contributed by atoms with Crippen molar-refractivity contribution in [3.05, 3.63) is 23.2 Å². The molecule has 0 aliphatic rings. The summed E-state index contributed by atoms with van der Waals surface area (Å²) in [5, 5.41) is 0.125. The third-order valence-electron chi connectivity index (χ3n) is 1.58. The molecule has 1 rings (SSSR count). The summed E-state index contributed by atoms with van der Waals surface area (Å²) in [4.78, 5) is 9.69. The summed E-state index contributed by atoms with van der Waals surface area (Å²) in [5.74, 6) is 0.339. The number of ether oxygens (including phenoxy) is 1. The van der Waals surface area contributed by atoms with Crippen molar-refractivity contribution in [1.82, 2.24) is 0 Å². The molecule has 0 N–H and O–H groups in total. The minimum Gasteiger partial charge on any atom is -0.495 e. The maximum atomic E-state index is 11.3. The zero-order valence-electron chi connectivity index (χ0n) is 7.60. The van der Waals surface area contributed by atoms with Crippen molar-refractivity contribution in [3.63, 3.8) is 0 Å². The highest BCUT2D eigenvalue weighted by Crippen LogP contribution is 2.27. The molecular formula is C8H6ClNO4S. The summed E-state index contributed by atoms with van der Waals surface area (Å²) in [6, 6.07) is 3.76. The van der Waals surface area contributed by atoms with Crippen LogP contribution in [0.1, 0.15) is 0 Å². The van der Waals surface area contributed by atoms with Crippen molar-refractivity contribution in [1.29, 1.82) is 0 Å². The van der Waals surface area contributed by atoms with Gasteiger partial charge in [0.15, 0.2) is 0 Å². The summed E-state index contributed by atoms with van der Waals surface area (Å²) in [5.41, 5.74) is 0. The average Bonchev–Trinajstić information content (AvgIpc) is 2.17. The van der Waals surface area contributed by atoms with Crippen LogP contribution in [0.4, 0.5) is 0 Å². The Hall–Kier alpha value is -1.36. The van der Waals surface area contributed by atoms with Crippen LogP contribution in [0.3, 0.4) is 0 Å². The standard InChI is InChI=1S/C8H6ClNO4S/c1-14-8-3-2-6(4-7(8)9)15(12,13)10-5-11/h2-4H,1H3. The molecule has 0 saturated carbocycles. The van der Waals surface area contributed by atoms with Crippen molar-refractivity contribution in [3.8, 4) is 5.75 Å². The third-order valence-corrected chi connectivity index (χ3v) is 3.04. The van der Waals surface area contributed by atoms with Crippen molar-refractivity contribution in [2.45, 2.75) is 4.90 Å². The van der Waals surface area contributed by atoms with Gasteiger partial charge in [-0.15, -0.1) is 0 Å². The first-order valence-corrected chi connectivity index (χ1v) is 5.51. The lowest BCUT2D eigenvalue weighted by Gasteiger charge is -2.03. The lowest BCUT2D eigenvalue weighted by molar-refractivity contribution is 0.414. The number of hydrogen-bond donors (Lipinski definition) is 0. The van der Waals surface area contributed by atoms with Gasteiger partial charge >= 0.3 is 0 Å². The monoisotopic (exact) mass is 247 g/mol. The largest absolute Gasteiger partial charge is 0.495 e. The summed E-state index contributed by atoms with van der Waals surface area (Å²) in [6.07, 6.45) is 0.967. The number of rotatable bonds is 3. The van der Waals surface area contributed by atoms with Gasteiger partial charge < -0.3 is 4.74 Å². The van der Waals surface area contributed by atoms with E-state index < -0.39 is 10.0 Å². The van der Waals surface area contributed by atoms with Crippen LogP contribution in [0.15, 0.2) is 27.5 Å². The van der Waals surface area contributed by atoms with E-state index in [0.717, 1.165) is 12.1 Å². The third kappa shape index (κ3) is 2.56. The van der Waals surface area contributed by atoms with Gasteiger partial charge in [-0.25, -0.2) is 4.79 Å². The fourth-order valence-electron chi connectivity index (χ4n) is 0.909. The summed E-state index contributed by atoms with van der Waals surface area (Å²) < 4.78 is 30.0. The van der Waals surface area contributed by atoms with Crippen molar-refractivity contribution < 1.29 is 17.9 Å². The molecule has 15 heavy (non-hydrogen) atoms. The van der Waals surface area contributed by atoms with E-state index in [1.54, 1.807) is 0 Å². The van der Waals surface area contributed by atoms with Crippen molar-refractivity contribution in [2.75, 3.05) is 7.11 Å². The molecular weight excluding hydrogens is 242 g/mol. The molecule has 0 fully saturated rings. The molecule has 0 heterocycles. The number of nitrogens with zero attached hydrogens (tertiary/aromatic N) is 1. The molecule has 5 nitrogen and oxygen atoms in total. The predicted octanol–water partition coefficient (Wildman–Crippen LogP) is 1.37. The molecule has 0 amide bonds. The minimum atomic E-state index is -4.00. The molecule has 0 bridgehead atoms. The number of halogens is 1. The van der Waals surface area contributed by atoms with Crippen LogP contribution in [0.5, 0.6) is 5.75 Å². The van der Waals surface area contributed by atoms with E-state index in [-0.39, 0.29) is 9.92 Å². The van der Waals surface area contributed by atoms with Crippen LogP contribution in [-0.2, 0) is 14.8 Å². The quantitative estimate of drug-likeness (QED) is 0.597. The molecule has 1 aromatic rings. The Labute approximate surface area is 91.4 Å². The number of sulfonamides is 1. The SMILES string of the molecule is COc1ccc(S(=O)(=O)N=C=O)cc1Cl. The van der Waals surface area contributed by atoms with Gasteiger partial charge in [-0.1, -0.05) is 16.0 Å². The number of carbonyl (C=O) groups excluding carboxylic acids is 1. The van der Waals surface area contributed by atoms with Gasteiger partial charge in [-0.05, 0) is 18.2 Å². The normalized spacial score (nSPS) is 10.5. The van der Waals surface area contributed by atoms with Gasteiger partial charge in [0.1, 0.15) is 5.75 Å². The van der Waals surface area contributed by atoms with Gasteiger partial charge in [0.25, 0.3) is 16.1 Å².